The van der Waals surface area contributed by atoms with Gasteiger partial charge in [0.15, 0.2) is 0 Å². The van der Waals surface area contributed by atoms with Crippen molar-refractivity contribution in [3.8, 4) is 5.75 Å². The number of halogens is 1. The fourth-order valence-electron chi connectivity index (χ4n) is 2.00. The van der Waals surface area contributed by atoms with Crippen molar-refractivity contribution in [1.29, 1.82) is 0 Å². The summed E-state index contributed by atoms with van der Waals surface area (Å²) in [4.78, 5) is 11.9. The van der Waals surface area contributed by atoms with Gasteiger partial charge in [0.05, 0.1) is 7.11 Å². The Morgan fingerprint density at radius 1 is 1.18 bits per heavy atom. The predicted molar refractivity (Wildman–Crippen MR) is 86.5 cm³/mol. The number of benzene rings is 2. The molecule has 2 rings (SSSR count). The second-order valence-corrected chi connectivity index (χ2v) is 5.03. The number of aryl methyl sites for hydroxylation is 2. The average Bonchev–Trinajstić information content (AvgIpc) is 2.49. The summed E-state index contributed by atoms with van der Waals surface area (Å²) in [5.74, 6) is 0.0185. The Morgan fingerprint density at radius 3 is 2.64 bits per heavy atom. The van der Waals surface area contributed by atoms with Gasteiger partial charge in [0, 0.05) is 17.3 Å². The molecule has 22 heavy (non-hydrogen) atoms. The molecular weight excluding hydrogens is 281 g/mol. The number of amides is 1. The molecule has 1 N–H and O–H groups in total. The molecule has 0 bridgehead atoms. The number of methoxy groups -OCH3 is 1. The summed E-state index contributed by atoms with van der Waals surface area (Å²) in [6, 6.07) is 10.3. The van der Waals surface area contributed by atoms with Crippen LogP contribution in [0, 0.1) is 19.7 Å². The first-order valence-corrected chi connectivity index (χ1v) is 6.89. The molecule has 0 unspecified atom stereocenters. The van der Waals surface area contributed by atoms with Crippen LogP contribution in [0.2, 0.25) is 0 Å². The molecule has 0 fully saturated rings. The maximum Gasteiger partial charge on any atom is 0.248 e. The summed E-state index contributed by atoms with van der Waals surface area (Å²) in [5, 5.41) is 2.63. The van der Waals surface area contributed by atoms with Crippen LogP contribution >= 0.6 is 0 Å². The maximum atomic E-state index is 13.4. The highest BCUT2D eigenvalue weighted by Gasteiger charge is 2.03. The van der Waals surface area contributed by atoms with Crippen molar-refractivity contribution < 1.29 is 13.9 Å². The van der Waals surface area contributed by atoms with E-state index in [0.29, 0.717) is 17.0 Å². The highest BCUT2D eigenvalue weighted by atomic mass is 19.1. The first-order chi connectivity index (χ1) is 10.5. The summed E-state index contributed by atoms with van der Waals surface area (Å²) >= 11 is 0. The zero-order valence-corrected chi connectivity index (χ0v) is 12.8. The van der Waals surface area contributed by atoms with Gasteiger partial charge in [-0.05, 0) is 49.8 Å². The Morgan fingerprint density at radius 2 is 1.95 bits per heavy atom. The van der Waals surface area contributed by atoms with E-state index in [1.807, 2.05) is 25.1 Å². The van der Waals surface area contributed by atoms with Crippen molar-refractivity contribution >= 4 is 17.7 Å². The Bertz CT molecular complexity index is 723. The van der Waals surface area contributed by atoms with E-state index in [9.17, 15) is 9.18 Å². The monoisotopic (exact) mass is 299 g/mol. The van der Waals surface area contributed by atoms with Gasteiger partial charge < -0.3 is 10.1 Å². The molecular formula is C18H18FNO2. The molecule has 2 aromatic rings. The minimum absolute atomic E-state index is 0.327. The lowest BCUT2D eigenvalue weighted by Gasteiger charge is -2.06. The van der Waals surface area contributed by atoms with Gasteiger partial charge in [0.25, 0.3) is 0 Å². The van der Waals surface area contributed by atoms with Crippen LogP contribution < -0.4 is 10.1 Å². The molecule has 0 atom stereocenters. The standard InChI is InChI=1S/C18H18FNO2/c1-12-4-8-17(22-3)14(10-12)6-9-18(21)20-15-7-5-13(2)16(19)11-15/h4-11H,1-3H3,(H,20,21). The minimum Gasteiger partial charge on any atom is -0.496 e. The zero-order valence-electron chi connectivity index (χ0n) is 12.8. The lowest BCUT2D eigenvalue weighted by molar-refractivity contribution is -0.111. The van der Waals surface area contributed by atoms with E-state index in [4.69, 9.17) is 4.74 Å². The van der Waals surface area contributed by atoms with Crippen LogP contribution in [0.15, 0.2) is 42.5 Å². The van der Waals surface area contributed by atoms with E-state index in [0.717, 1.165) is 11.1 Å². The van der Waals surface area contributed by atoms with E-state index in [1.165, 1.54) is 12.1 Å². The average molecular weight is 299 g/mol. The van der Waals surface area contributed by atoms with E-state index >= 15 is 0 Å². The first kappa shape index (κ1) is 15.8. The summed E-state index contributed by atoms with van der Waals surface area (Å²) in [6.07, 6.45) is 3.07. The van der Waals surface area contributed by atoms with E-state index < -0.39 is 0 Å². The van der Waals surface area contributed by atoms with Crippen molar-refractivity contribution in [2.75, 3.05) is 12.4 Å². The van der Waals surface area contributed by atoms with Crippen molar-refractivity contribution in [1.82, 2.24) is 0 Å². The van der Waals surface area contributed by atoms with Gasteiger partial charge in [-0.15, -0.1) is 0 Å². The molecule has 0 spiro atoms. The maximum absolute atomic E-state index is 13.4. The Labute approximate surface area is 129 Å². The van der Waals surface area contributed by atoms with Crippen LogP contribution in [0.3, 0.4) is 0 Å². The molecule has 0 aliphatic carbocycles. The highest BCUT2D eigenvalue weighted by Crippen LogP contribution is 2.21. The third kappa shape index (κ3) is 3.95. The number of rotatable bonds is 4. The summed E-state index contributed by atoms with van der Waals surface area (Å²) < 4.78 is 18.7. The third-order valence-corrected chi connectivity index (χ3v) is 3.24. The van der Waals surface area contributed by atoms with Crippen molar-refractivity contribution in [2.45, 2.75) is 13.8 Å². The van der Waals surface area contributed by atoms with Gasteiger partial charge in [0.1, 0.15) is 11.6 Å². The number of anilines is 1. The van der Waals surface area contributed by atoms with Crippen LogP contribution in [-0.4, -0.2) is 13.0 Å². The number of carbonyl (C=O) groups is 1. The number of hydrogen-bond donors (Lipinski definition) is 1. The SMILES string of the molecule is COc1ccc(C)cc1C=CC(=O)Nc1ccc(C)c(F)c1. The predicted octanol–water partition coefficient (Wildman–Crippen LogP) is 4.10. The molecule has 0 radical (unpaired) electrons. The second-order valence-electron chi connectivity index (χ2n) is 5.03. The molecule has 0 heterocycles. The molecule has 0 saturated carbocycles. The number of carbonyl (C=O) groups excluding carboxylic acids is 1. The summed E-state index contributed by atoms with van der Waals surface area (Å²) in [5.41, 5.74) is 2.85. The molecule has 0 aromatic heterocycles. The summed E-state index contributed by atoms with van der Waals surface area (Å²) in [7, 11) is 1.58. The Balaban J connectivity index is 2.11. The number of hydrogen-bond acceptors (Lipinski definition) is 2. The fourth-order valence-corrected chi connectivity index (χ4v) is 2.00. The van der Waals surface area contributed by atoms with Crippen LogP contribution in [0.1, 0.15) is 16.7 Å². The fraction of sp³-hybridized carbons (Fsp3) is 0.167. The van der Waals surface area contributed by atoms with Gasteiger partial charge in [-0.1, -0.05) is 17.7 Å². The molecule has 0 aliphatic heterocycles. The van der Waals surface area contributed by atoms with Crippen molar-refractivity contribution in [3.05, 3.63) is 65.0 Å². The quantitative estimate of drug-likeness (QED) is 0.863. The van der Waals surface area contributed by atoms with Crippen molar-refractivity contribution in [2.24, 2.45) is 0 Å². The lowest BCUT2D eigenvalue weighted by atomic mass is 10.1. The molecule has 3 nitrogen and oxygen atoms in total. The largest absolute Gasteiger partial charge is 0.496 e. The van der Waals surface area contributed by atoms with Crippen LogP contribution in [0.4, 0.5) is 10.1 Å². The first-order valence-electron chi connectivity index (χ1n) is 6.89. The van der Waals surface area contributed by atoms with Crippen LogP contribution in [-0.2, 0) is 4.79 Å². The van der Waals surface area contributed by atoms with Crippen LogP contribution in [0.25, 0.3) is 6.08 Å². The number of ether oxygens (including phenoxy) is 1. The van der Waals surface area contributed by atoms with Gasteiger partial charge in [0.2, 0.25) is 5.91 Å². The normalized spacial score (nSPS) is 10.7. The van der Waals surface area contributed by atoms with E-state index in [-0.39, 0.29) is 11.7 Å². The third-order valence-electron chi connectivity index (χ3n) is 3.24. The Kier molecular flexibility index (Phi) is 4.94. The van der Waals surface area contributed by atoms with Gasteiger partial charge in [-0.3, -0.25) is 4.79 Å². The van der Waals surface area contributed by atoms with Crippen LogP contribution in [0.5, 0.6) is 5.75 Å². The van der Waals surface area contributed by atoms with Gasteiger partial charge in [-0.25, -0.2) is 4.39 Å². The molecule has 1 amide bonds. The molecule has 0 aliphatic rings. The van der Waals surface area contributed by atoms with E-state index in [2.05, 4.69) is 5.32 Å². The molecule has 4 heteroatoms. The van der Waals surface area contributed by atoms with Gasteiger partial charge in [-0.2, -0.15) is 0 Å². The van der Waals surface area contributed by atoms with Gasteiger partial charge >= 0.3 is 0 Å². The number of nitrogens with one attached hydrogen (secondary N) is 1. The molecule has 0 saturated heterocycles. The van der Waals surface area contributed by atoms with Crippen molar-refractivity contribution in [3.63, 3.8) is 0 Å². The Hall–Kier alpha value is -2.62. The summed E-state index contributed by atoms with van der Waals surface area (Å²) in [6.45, 7) is 3.64. The zero-order chi connectivity index (χ0) is 16.1. The smallest absolute Gasteiger partial charge is 0.248 e. The molecule has 114 valence electrons. The topological polar surface area (TPSA) is 38.3 Å². The second kappa shape index (κ2) is 6.89. The lowest BCUT2D eigenvalue weighted by Crippen LogP contribution is -2.08. The van der Waals surface area contributed by atoms with E-state index in [1.54, 1.807) is 32.2 Å². The minimum atomic E-state index is -0.345. The highest BCUT2D eigenvalue weighted by molar-refractivity contribution is 6.02. The molecule has 2 aromatic carbocycles.